The summed E-state index contributed by atoms with van der Waals surface area (Å²) in [6, 6.07) is -0.242. The van der Waals surface area contributed by atoms with Crippen molar-refractivity contribution in [2.75, 3.05) is 44.0 Å². The summed E-state index contributed by atoms with van der Waals surface area (Å²) in [4.78, 5) is 55.8. The van der Waals surface area contributed by atoms with Gasteiger partial charge in [-0.05, 0) is 68.8 Å². The summed E-state index contributed by atoms with van der Waals surface area (Å²) in [5.41, 5.74) is 9.24. The van der Waals surface area contributed by atoms with Crippen LogP contribution in [0.1, 0.15) is 74.3 Å². The zero-order valence-electron chi connectivity index (χ0n) is 28.0. The lowest BCUT2D eigenvalue weighted by atomic mass is 9.37. The molecule has 0 unspecified atom stereocenters. The number of methoxy groups -OCH3 is 1. The highest BCUT2D eigenvalue weighted by molar-refractivity contribution is 6.01. The number of anilines is 2. The van der Waals surface area contributed by atoms with Gasteiger partial charge in [-0.3, -0.25) is 14.4 Å². The van der Waals surface area contributed by atoms with E-state index in [-0.39, 0.29) is 64.2 Å². The molecule has 15 heteroatoms. The van der Waals surface area contributed by atoms with Crippen LogP contribution in [-0.2, 0) is 22.5 Å². The van der Waals surface area contributed by atoms with Gasteiger partial charge in [-0.15, -0.1) is 10.2 Å². The molecule has 0 radical (unpaired) electrons. The Labute approximate surface area is 282 Å². The van der Waals surface area contributed by atoms with Crippen molar-refractivity contribution in [2.45, 2.75) is 88.9 Å². The number of carbonyl (C=O) groups excluding carboxylic acids is 2. The smallest absolute Gasteiger partial charge is 0.263 e. The van der Waals surface area contributed by atoms with Crippen molar-refractivity contribution in [3.8, 4) is 5.88 Å². The minimum absolute atomic E-state index is 0.0472. The van der Waals surface area contributed by atoms with Crippen molar-refractivity contribution in [3.05, 3.63) is 33.9 Å². The summed E-state index contributed by atoms with van der Waals surface area (Å²) >= 11 is 0. The summed E-state index contributed by atoms with van der Waals surface area (Å²) in [5, 5.41) is 12.9. The minimum Gasteiger partial charge on any atom is -0.480 e. The van der Waals surface area contributed by atoms with Gasteiger partial charge in [0.15, 0.2) is 11.2 Å². The van der Waals surface area contributed by atoms with Crippen LogP contribution in [0.3, 0.4) is 0 Å². The van der Waals surface area contributed by atoms with Crippen molar-refractivity contribution in [1.82, 2.24) is 39.7 Å². The Morgan fingerprint density at radius 3 is 2.57 bits per heavy atom. The van der Waals surface area contributed by atoms with E-state index in [0.717, 1.165) is 49.4 Å². The molecule has 5 heterocycles. The maximum Gasteiger partial charge on any atom is 0.263 e. The van der Waals surface area contributed by atoms with Crippen molar-refractivity contribution in [1.29, 1.82) is 0 Å². The fraction of sp³-hybridized carbons (Fsp3) is 0.618. The maximum absolute atomic E-state index is 14.5. The van der Waals surface area contributed by atoms with E-state index < -0.39 is 0 Å². The standard InChI is InChI=1S/C34H42N10O5/c1-3-21-27(41-10-11-42(23-7-6-22(23)41)32(47)25-29(35)36-18-37-31(25)48-2)28(46)26-30(40-44(39-26)20-8-12-49-13-9-20)43(21)14-24(45)38-34-15-33(16-34,17-34)19-4-5-19/h8,18-19,22-23H,3-7,9-17H2,1-2H3,(H,38,45)(H2,35,36,37)/t22-,23-,33?,34?/m0/s1. The fourth-order valence-corrected chi connectivity index (χ4v) is 9.54. The highest BCUT2D eigenvalue weighted by atomic mass is 16.5. The van der Waals surface area contributed by atoms with E-state index in [1.54, 1.807) is 0 Å². The number of rotatable bonds is 9. The number of nitrogens with one attached hydrogen (secondary N) is 1. The molecule has 0 aromatic carbocycles. The molecule has 1 saturated heterocycles. The van der Waals surface area contributed by atoms with Crippen molar-refractivity contribution >= 4 is 40.2 Å². The number of aromatic nitrogens is 6. The van der Waals surface area contributed by atoms with Gasteiger partial charge in [-0.25, -0.2) is 9.97 Å². The van der Waals surface area contributed by atoms with Crippen LogP contribution < -0.4 is 26.1 Å². The summed E-state index contributed by atoms with van der Waals surface area (Å²) in [5.74, 6) is 0.705. The molecule has 5 aliphatic carbocycles. The molecule has 2 amide bonds. The van der Waals surface area contributed by atoms with Crippen LogP contribution >= 0.6 is 0 Å². The Kier molecular flexibility index (Phi) is 6.85. The van der Waals surface area contributed by atoms with E-state index >= 15 is 0 Å². The number of pyridine rings is 1. The van der Waals surface area contributed by atoms with Crippen LogP contribution in [0, 0.1) is 11.3 Å². The first kappa shape index (κ1) is 30.5. The van der Waals surface area contributed by atoms with E-state index in [9.17, 15) is 14.4 Å². The molecule has 49 heavy (non-hydrogen) atoms. The summed E-state index contributed by atoms with van der Waals surface area (Å²) in [7, 11) is 1.45. The number of piperazine rings is 1. The second-order valence-electron chi connectivity index (χ2n) is 14.8. The third-order valence-electron chi connectivity index (χ3n) is 12.0. The number of fused-ring (bicyclic) bond motifs is 2. The lowest BCUT2D eigenvalue weighted by Crippen LogP contribution is -2.75. The average molecular weight is 671 g/mol. The number of nitrogens with two attached hydrogens (primary N) is 1. The monoisotopic (exact) mass is 670 g/mol. The SMILES string of the molecule is CCc1c(N2CCN(C(=O)c3c(N)ncnc3OC)[C@H]3CC[C@@H]32)c(=O)c2nn(C3=CCOCC3)nc2n1CC(=O)NC12CC(C3CC3)(C1)C2. The first-order valence-electron chi connectivity index (χ1n) is 17.6. The van der Waals surface area contributed by atoms with Crippen LogP contribution in [0.2, 0.25) is 0 Å². The summed E-state index contributed by atoms with van der Waals surface area (Å²) in [6.45, 7) is 3.84. The van der Waals surface area contributed by atoms with Gasteiger partial charge < -0.3 is 34.9 Å². The van der Waals surface area contributed by atoms with Gasteiger partial charge in [0.25, 0.3) is 5.91 Å². The van der Waals surface area contributed by atoms with Gasteiger partial charge >= 0.3 is 0 Å². The topological polar surface area (TPSA) is 176 Å². The number of ether oxygens (including phenoxy) is 2. The Bertz CT molecular complexity index is 1960. The fourth-order valence-electron chi connectivity index (χ4n) is 9.54. The number of amides is 2. The van der Waals surface area contributed by atoms with Crippen molar-refractivity contribution < 1.29 is 19.1 Å². The zero-order valence-corrected chi connectivity index (χ0v) is 28.0. The molecule has 3 N–H and O–H groups in total. The van der Waals surface area contributed by atoms with E-state index in [1.807, 2.05) is 22.5 Å². The van der Waals surface area contributed by atoms with Gasteiger partial charge in [0.2, 0.25) is 17.2 Å². The molecule has 10 rings (SSSR count). The molecule has 2 aliphatic heterocycles. The number of hydrogen-bond acceptors (Lipinski definition) is 11. The van der Waals surface area contributed by atoms with E-state index in [2.05, 4.69) is 20.2 Å². The molecular formula is C34H42N10O5. The second kappa shape index (κ2) is 11.0. The maximum atomic E-state index is 14.5. The molecule has 3 aromatic rings. The average Bonchev–Trinajstić information content (AvgIpc) is 3.80. The zero-order chi connectivity index (χ0) is 33.7. The Morgan fingerprint density at radius 2 is 1.90 bits per heavy atom. The lowest BCUT2D eigenvalue weighted by Gasteiger charge is -2.71. The summed E-state index contributed by atoms with van der Waals surface area (Å²) < 4.78 is 12.8. The molecule has 3 aromatic heterocycles. The molecule has 0 spiro atoms. The van der Waals surface area contributed by atoms with E-state index in [4.69, 9.17) is 25.4 Å². The van der Waals surface area contributed by atoms with E-state index in [0.29, 0.717) is 55.9 Å². The molecule has 258 valence electrons. The first-order valence-corrected chi connectivity index (χ1v) is 17.6. The molecule has 5 saturated carbocycles. The predicted molar refractivity (Wildman–Crippen MR) is 179 cm³/mol. The number of hydrogen-bond donors (Lipinski definition) is 2. The van der Waals surface area contributed by atoms with Crippen molar-refractivity contribution in [2.24, 2.45) is 11.3 Å². The number of nitrogens with zero attached hydrogens (tertiary/aromatic N) is 8. The Hall–Kier alpha value is -4.53. The van der Waals surface area contributed by atoms with Crippen LogP contribution in [-0.4, -0.2) is 97.3 Å². The Balaban J connectivity index is 1.07. The van der Waals surface area contributed by atoms with Crippen LogP contribution in [0.15, 0.2) is 17.2 Å². The molecule has 6 fully saturated rings. The number of nitrogen functional groups attached to an aromatic ring is 1. The van der Waals surface area contributed by atoms with E-state index in [1.165, 1.54) is 31.1 Å². The highest BCUT2D eigenvalue weighted by Gasteiger charge is 2.72. The van der Waals surface area contributed by atoms with Gasteiger partial charge in [0.1, 0.15) is 29.9 Å². The van der Waals surface area contributed by atoms with Crippen LogP contribution in [0.5, 0.6) is 5.88 Å². The van der Waals surface area contributed by atoms with Gasteiger partial charge in [0, 0.05) is 36.8 Å². The van der Waals surface area contributed by atoms with Gasteiger partial charge in [-0.2, -0.15) is 4.80 Å². The highest BCUT2D eigenvalue weighted by Crippen LogP contribution is 2.75. The molecular weight excluding hydrogens is 628 g/mol. The van der Waals surface area contributed by atoms with Crippen molar-refractivity contribution in [3.63, 3.8) is 0 Å². The predicted octanol–water partition coefficient (Wildman–Crippen LogP) is 1.74. The lowest BCUT2D eigenvalue weighted by molar-refractivity contribution is -0.176. The summed E-state index contributed by atoms with van der Waals surface area (Å²) in [6.07, 6.45) is 11.8. The second-order valence-corrected chi connectivity index (χ2v) is 14.8. The molecule has 2 bridgehead atoms. The first-order chi connectivity index (χ1) is 23.7. The Morgan fingerprint density at radius 1 is 1.10 bits per heavy atom. The molecule has 2 atom stereocenters. The number of carbonyl (C=O) groups is 2. The van der Waals surface area contributed by atoms with Crippen LogP contribution in [0.25, 0.3) is 16.9 Å². The quantitative estimate of drug-likeness (QED) is 0.339. The molecule has 7 aliphatic rings. The minimum atomic E-state index is -0.283. The largest absolute Gasteiger partial charge is 0.480 e. The molecule has 15 nitrogen and oxygen atoms in total. The third-order valence-corrected chi connectivity index (χ3v) is 12.0. The third kappa shape index (κ3) is 4.60. The van der Waals surface area contributed by atoms with Gasteiger partial charge in [0.05, 0.1) is 32.1 Å². The van der Waals surface area contributed by atoms with Crippen LogP contribution in [0.4, 0.5) is 11.5 Å². The normalized spacial score (nSPS) is 28.6. The van der Waals surface area contributed by atoms with Gasteiger partial charge in [-0.1, -0.05) is 6.92 Å².